The Bertz CT molecular complexity index is 417. The van der Waals surface area contributed by atoms with Gasteiger partial charge in [0, 0.05) is 13.1 Å². The van der Waals surface area contributed by atoms with Crippen LogP contribution in [0.3, 0.4) is 0 Å². The molecule has 0 radical (unpaired) electrons. The van der Waals surface area contributed by atoms with Crippen molar-refractivity contribution < 1.29 is 0 Å². The molecular formula is C14H18N2. The van der Waals surface area contributed by atoms with Crippen molar-refractivity contribution in [3.8, 4) is 6.07 Å². The van der Waals surface area contributed by atoms with Crippen LogP contribution in [0.15, 0.2) is 18.2 Å². The highest BCUT2D eigenvalue weighted by atomic mass is 15.1. The first-order valence-corrected chi connectivity index (χ1v) is 5.96. The van der Waals surface area contributed by atoms with Crippen LogP contribution in [0, 0.1) is 24.2 Å². The van der Waals surface area contributed by atoms with Crippen LogP contribution in [0.5, 0.6) is 0 Å². The van der Waals surface area contributed by atoms with Gasteiger partial charge in [0.15, 0.2) is 0 Å². The molecule has 2 heteroatoms. The van der Waals surface area contributed by atoms with Gasteiger partial charge in [-0.05, 0) is 43.4 Å². The minimum Gasteiger partial charge on any atom is -0.370 e. The topological polar surface area (TPSA) is 27.0 Å². The molecule has 2 nitrogen and oxygen atoms in total. The van der Waals surface area contributed by atoms with Gasteiger partial charge in [-0.3, -0.25) is 0 Å². The van der Waals surface area contributed by atoms with Crippen molar-refractivity contribution in [2.24, 2.45) is 5.92 Å². The van der Waals surface area contributed by atoms with Crippen LogP contribution in [0.25, 0.3) is 0 Å². The molecule has 2 rings (SSSR count). The maximum absolute atomic E-state index is 9.16. The van der Waals surface area contributed by atoms with E-state index in [0.29, 0.717) is 0 Å². The fourth-order valence-electron chi connectivity index (χ4n) is 2.42. The van der Waals surface area contributed by atoms with Gasteiger partial charge in [0.25, 0.3) is 0 Å². The number of aryl methyl sites for hydroxylation is 1. The summed E-state index contributed by atoms with van der Waals surface area (Å²) >= 11 is 0. The standard InChI is InChI=1S/C14H18N2/c1-11-5-6-14(13(8-11)9-15)16-7-3-4-12(2)10-16/h5-6,8,12H,3-4,7,10H2,1-2H3. The number of nitrogens with zero attached hydrogens (tertiary/aromatic N) is 2. The lowest BCUT2D eigenvalue weighted by molar-refractivity contribution is 0.446. The number of rotatable bonds is 1. The molecule has 1 unspecified atom stereocenters. The molecule has 1 aromatic rings. The quantitative estimate of drug-likeness (QED) is 0.718. The van der Waals surface area contributed by atoms with Crippen molar-refractivity contribution in [2.45, 2.75) is 26.7 Å². The van der Waals surface area contributed by atoms with E-state index in [1.54, 1.807) is 0 Å². The molecule has 0 amide bonds. The third kappa shape index (κ3) is 2.19. The van der Waals surface area contributed by atoms with E-state index in [1.165, 1.54) is 12.8 Å². The average molecular weight is 214 g/mol. The molecule has 0 bridgehead atoms. The largest absolute Gasteiger partial charge is 0.370 e. The molecule has 1 heterocycles. The molecule has 1 aromatic carbocycles. The van der Waals surface area contributed by atoms with Gasteiger partial charge in [0.1, 0.15) is 6.07 Å². The van der Waals surface area contributed by atoms with Crippen molar-refractivity contribution in [3.05, 3.63) is 29.3 Å². The van der Waals surface area contributed by atoms with Crippen molar-refractivity contribution >= 4 is 5.69 Å². The molecule has 0 aliphatic carbocycles. The van der Waals surface area contributed by atoms with E-state index in [2.05, 4.69) is 30.0 Å². The van der Waals surface area contributed by atoms with Gasteiger partial charge < -0.3 is 4.90 Å². The van der Waals surface area contributed by atoms with Gasteiger partial charge in [-0.15, -0.1) is 0 Å². The third-order valence-corrected chi connectivity index (χ3v) is 3.27. The lowest BCUT2D eigenvalue weighted by Crippen LogP contribution is -2.34. The molecule has 0 N–H and O–H groups in total. The predicted octanol–water partition coefficient (Wildman–Crippen LogP) is 3.10. The van der Waals surface area contributed by atoms with E-state index >= 15 is 0 Å². The summed E-state index contributed by atoms with van der Waals surface area (Å²) in [5, 5.41) is 9.16. The Kier molecular flexibility index (Phi) is 3.14. The highest BCUT2D eigenvalue weighted by Gasteiger charge is 2.18. The Labute approximate surface area is 97.5 Å². The molecular weight excluding hydrogens is 196 g/mol. The Hall–Kier alpha value is -1.49. The first-order chi connectivity index (χ1) is 7.70. The second kappa shape index (κ2) is 4.57. The lowest BCUT2D eigenvalue weighted by atomic mass is 9.98. The zero-order valence-corrected chi connectivity index (χ0v) is 10.0. The van der Waals surface area contributed by atoms with E-state index in [9.17, 15) is 0 Å². The second-order valence-electron chi connectivity index (χ2n) is 4.83. The van der Waals surface area contributed by atoms with Gasteiger partial charge in [-0.25, -0.2) is 0 Å². The predicted molar refractivity (Wildman–Crippen MR) is 66.5 cm³/mol. The normalized spacial score (nSPS) is 20.6. The maximum atomic E-state index is 9.16. The van der Waals surface area contributed by atoms with Crippen molar-refractivity contribution in [2.75, 3.05) is 18.0 Å². The van der Waals surface area contributed by atoms with Crippen LogP contribution >= 0.6 is 0 Å². The molecule has 84 valence electrons. The van der Waals surface area contributed by atoms with Crippen molar-refractivity contribution in [1.82, 2.24) is 0 Å². The highest BCUT2D eigenvalue weighted by Crippen LogP contribution is 2.26. The average Bonchev–Trinajstić information content (AvgIpc) is 2.28. The number of piperidine rings is 1. The fraction of sp³-hybridized carbons (Fsp3) is 0.500. The van der Waals surface area contributed by atoms with Gasteiger partial charge in [-0.1, -0.05) is 13.0 Å². The first kappa shape index (κ1) is 11.0. The van der Waals surface area contributed by atoms with E-state index in [-0.39, 0.29) is 0 Å². The summed E-state index contributed by atoms with van der Waals surface area (Å²) < 4.78 is 0. The summed E-state index contributed by atoms with van der Waals surface area (Å²) in [5.41, 5.74) is 3.08. The molecule has 1 fully saturated rings. The zero-order valence-electron chi connectivity index (χ0n) is 10.0. The number of nitriles is 1. The minimum absolute atomic E-state index is 0.738. The van der Waals surface area contributed by atoms with Gasteiger partial charge in [0.05, 0.1) is 11.3 Å². The summed E-state index contributed by atoms with van der Waals surface area (Å²) in [6, 6.07) is 8.47. The lowest BCUT2D eigenvalue weighted by Gasteiger charge is -2.33. The molecule has 0 aromatic heterocycles. The number of benzene rings is 1. The highest BCUT2D eigenvalue weighted by molar-refractivity contribution is 5.60. The molecule has 1 aliphatic rings. The van der Waals surface area contributed by atoms with Crippen LogP contribution in [0.1, 0.15) is 30.9 Å². The van der Waals surface area contributed by atoms with Crippen molar-refractivity contribution in [1.29, 1.82) is 5.26 Å². The van der Waals surface area contributed by atoms with Crippen LogP contribution in [0.2, 0.25) is 0 Å². The molecule has 0 saturated carbocycles. The summed E-state index contributed by atoms with van der Waals surface area (Å²) in [5.74, 6) is 0.738. The number of hydrogen-bond acceptors (Lipinski definition) is 2. The summed E-state index contributed by atoms with van der Waals surface area (Å²) in [6.07, 6.45) is 2.55. The number of anilines is 1. The SMILES string of the molecule is Cc1ccc(N2CCCC(C)C2)c(C#N)c1. The molecule has 16 heavy (non-hydrogen) atoms. The van der Waals surface area contributed by atoms with Gasteiger partial charge in [0.2, 0.25) is 0 Å². The summed E-state index contributed by atoms with van der Waals surface area (Å²) in [6.45, 7) is 6.48. The van der Waals surface area contributed by atoms with Crippen molar-refractivity contribution in [3.63, 3.8) is 0 Å². The molecule has 1 aliphatic heterocycles. The third-order valence-electron chi connectivity index (χ3n) is 3.27. The Morgan fingerprint density at radius 1 is 1.44 bits per heavy atom. The Morgan fingerprint density at radius 2 is 2.25 bits per heavy atom. The van der Waals surface area contributed by atoms with E-state index in [1.807, 2.05) is 13.0 Å². The Balaban J connectivity index is 2.29. The smallest absolute Gasteiger partial charge is 0.101 e. The van der Waals surface area contributed by atoms with Crippen LogP contribution in [-0.2, 0) is 0 Å². The van der Waals surface area contributed by atoms with E-state index in [4.69, 9.17) is 5.26 Å². The molecule has 1 saturated heterocycles. The summed E-state index contributed by atoms with van der Waals surface area (Å²) in [7, 11) is 0. The van der Waals surface area contributed by atoms with Crippen LogP contribution < -0.4 is 4.90 Å². The molecule has 0 spiro atoms. The van der Waals surface area contributed by atoms with E-state index < -0.39 is 0 Å². The monoisotopic (exact) mass is 214 g/mol. The second-order valence-corrected chi connectivity index (χ2v) is 4.83. The molecule has 1 atom stereocenters. The van der Waals surface area contributed by atoms with Crippen LogP contribution in [-0.4, -0.2) is 13.1 Å². The van der Waals surface area contributed by atoms with Crippen LogP contribution in [0.4, 0.5) is 5.69 Å². The fourth-order valence-corrected chi connectivity index (χ4v) is 2.42. The number of hydrogen-bond donors (Lipinski definition) is 0. The van der Waals surface area contributed by atoms with E-state index in [0.717, 1.165) is 35.8 Å². The first-order valence-electron chi connectivity index (χ1n) is 5.96. The minimum atomic E-state index is 0.738. The zero-order chi connectivity index (χ0) is 11.5. The van der Waals surface area contributed by atoms with Gasteiger partial charge >= 0.3 is 0 Å². The summed E-state index contributed by atoms with van der Waals surface area (Å²) in [4.78, 5) is 2.35. The maximum Gasteiger partial charge on any atom is 0.101 e. The Morgan fingerprint density at radius 3 is 2.94 bits per heavy atom. The van der Waals surface area contributed by atoms with Gasteiger partial charge in [-0.2, -0.15) is 5.26 Å².